The van der Waals surface area contributed by atoms with Gasteiger partial charge in [-0.3, -0.25) is 10.1 Å². The number of nitro groups is 1. The third-order valence-corrected chi connectivity index (χ3v) is 5.07. The largest absolute Gasteiger partial charge is 0.368 e. The van der Waals surface area contributed by atoms with Gasteiger partial charge in [0.2, 0.25) is 0 Å². The lowest BCUT2D eigenvalue weighted by Gasteiger charge is -2.30. The molecular formula is C12H21N5O2S. The zero-order valence-electron chi connectivity index (χ0n) is 12.0. The quantitative estimate of drug-likeness (QED) is 0.385. The zero-order chi connectivity index (χ0) is 15.2. The van der Waals surface area contributed by atoms with Crippen molar-refractivity contribution in [2.45, 2.75) is 31.4 Å². The fourth-order valence-electron chi connectivity index (χ4n) is 1.90. The summed E-state index contributed by atoms with van der Waals surface area (Å²) < 4.78 is 0.0998. The van der Waals surface area contributed by atoms with Crippen LogP contribution in [0.15, 0.2) is 12.1 Å². The predicted molar refractivity (Wildman–Crippen MR) is 84.0 cm³/mol. The van der Waals surface area contributed by atoms with Gasteiger partial charge in [-0.2, -0.15) is 11.8 Å². The molecule has 0 fully saturated rings. The summed E-state index contributed by atoms with van der Waals surface area (Å²) in [6, 6.07) is 2.71. The number of aromatic nitrogens is 1. The molecule has 4 N–H and O–H groups in total. The molecule has 0 radical (unpaired) electrons. The number of nitrogen functional groups attached to an aromatic ring is 1. The number of hydrogen-bond donors (Lipinski definition) is 3. The van der Waals surface area contributed by atoms with Crippen molar-refractivity contribution in [2.75, 3.05) is 23.5 Å². The maximum absolute atomic E-state index is 10.9. The van der Waals surface area contributed by atoms with Crippen LogP contribution in [0.5, 0.6) is 0 Å². The van der Waals surface area contributed by atoms with Crippen LogP contribution in [-0.2, 0) is 0 Å². The molecule has 0 saturated carbocycles. The summed E-state index contributed by atoms with van der Waals surface area (Å²) in [6.45, 7) is 4.96. The topological polar surface area (TPSA) is 106 Å². The van der Waals surface area contributed by atoms with E-state index in [1.807, 2.05) is 0 Å². The average molecular weight is 299 g/mol. The molecule has 20 heavy (non-hydrogen) atoms. The van der Waals surface area contributed by atoms with Gasteiger partial charge in [-0.1, -0.05) is 13.8 Å². The molecule has 7 nitrogen and oxygen atoms in total. The van der Waals surface area contributed by atoms with E-state index in [-0.39, 0.29) is 16.3 Å². The van der Waals surface area contributed by atoms with Gasteiger partial charge in [0.05, 0.1) is 17.1 Å². The van der Waals surface area contributed by atoms with Crippen LogP contribution >= 0.6 is 11.8 Å². The highest BCUT2D eigenvalue weighted by molar-refractivity contribution is 8.00. The van der Waals surface area contributed by atoms with Gasteiger partial charge in [0.25, 0.3) is 5.69 Å². The minimum atomic E-state index is -0.463. The van der Waals surface area contributed by atoms with E-state index < -0.39 is 4.92 Å². The summed E-state index contributed by atoms with van der Waals surface area (Å²) in [6.07, 6.45) is 4.09. The van der Waals surface area contributed by atoms with Crippen LogP contribution in [0.25, 0.3) is 0 Å². The summed E-state index contributed by atoms with van der Waals surface area (Å²) >= 11 is 1.79. The number of thioether (sulfide) groups is 1. The van der Waals surface area contributed by atoms with Crippen molar-refractivity contribution < 1.29 is 4.92 Å². The zero-order valence-corrected chi connectivity index (χ0v) is 12.8. The number of nitrogens with one attached hydrogen (secondary N) is 2. The van der Waals surface area contributed by atoms with Crippen molar-refractivity contribution in [1.82, 2.24) is 4.98 Å². The third kappa shape index (κ3) is 3.97. The van der Waals surface area contributed by atoms with Gasteiger partial charge in [0.15, 0.2) is 0 Å². The Labute approximate surface area is 122 Å². The Morgan fingerprint density at radius 3 is 2.45 bits per heavy atom. The second-order valence-corrected chi connectivity index (χ2v) is 5.72. The van der Waals surface area contributed by atoms with Gasteiger partial charge < -0.3 is 10.7 Å². The molecule has 0 saturated heterocycles. The Morgan fingerprint density at radius 1 is 1.40 bits per heavy atom. The summed E-state index contributed by atoms with van der Waals surface area (Å²) in [5, 5.41) is 14.0. The van der Waals surface area contributed by atoms with Gasteiger partial charge in [-0.05, 0) is 19.1 Å². The first-order chi connectivity index (χ1) is 9.50. The maximum atomic E-state index is 10.9. The Kier molecular flexibility index (Phi) is 6.03. The molecule has 0 bridgehead atoms. The van der Waals surface area contributed by atoms with Crippen LogP contribution in [0.3, 0.4) is 0 Å². The first-order valence-corrected chi connectivity index (χ1v) is 7.64. The van der Waals surface area contributed by atoms with Gasteiger partial charge in [-0.15, -0.1) is 0 Å². The van der Waals surface area contributed by atoms with E-state index in [1.165, 1.54) is 12.1 Å². The summed E-state index contributed by atoms with van der Waals surface area (Å²) in [5.74, 6) is 6.00. The Morgan fingerprint density at radius 2 is 2.00 bits per heavy atom. The van der Waals surface area contributed by atoms with E-state index in [9.17, 15) is 10.1 Å². The minimum absolute atomic E-state index is 0.0433. The predicted octanol–water partition coefficient (Wildman–Crippen LogP) is 2.61. The van der Waals surface area contributed by atoms with E-state index in [1.54, 1.807) is 11.8 Å². The number of pyridine rings is 1. The van der Waals surface area contributed by atoms with Crippen LogP contribution in [0.2, 0.25) is 0 Å². The molecule has 0 aliphatic rings. The summed E-state index contributed by atoms with van der Waals surface area (Å²) in [7, 11) is 0. The average Bonchev–Trinajstić information content (AvgIpc) is 2.48. The molecule has 8 heteroatoms. The Balaban J connectivity index is 2.91. The first kappa shape index (κ1) is 16.5. The second kappa shape index (κ2) is 7.30. The van der Waals surface area contributed by atoms with Crippen molar-refractivity contribution in [3.8, 4) is 0 Å². The van der Waals surface area contributed by atoms with E-state index in [4.69, 9.17) is 5.84 Å². The fourth-order valence-corrected chi connectivity index (χ4v) is 2.69. The number of hydrazine groups is 1. The molecule has 0 spiro atoms. The number of rotatable bonds is 8. The lowest BCUT2D eigenvalue weighted by molar-refractivity contribution is -0.384. The summed E-state index contributed by atoms with van der Waals surface area (Å²) in [4.78, 5) is 14.6. The van der Waals surface area contributed by atoms with Crippen LogP contribution in [-0.4, -0.2) is 27.5 Å². The van der Waals surface area contributed by atoms with Crippen LogP contribution in [0.1, 0.15) is 26.7 Å². The van der Waals surface area contributed by atoms with Gasteiger partial charge in [-0.25, -0.2) is 10.8 Å². The minimum Gasteiger partial charge on any atom is -0.368 e. The molecule has 1 rings (SSSR count). The fraction of sp³-hybridized carbons (Fsp3) is 0.583. The maximum Gasteiger partial charge on any atom is 0.276 e. The van der Waals surface area contributed by atoms with E-state index >= 15 is 0 Å². The van der Waals surface area contributed by atoms with Gasteiger partial charge >= 0.3 is 0 Å². The van der Waals surface area contributed by atoms with Crippen molar-refractivity contribution in [1.29, 1.82) is 0 Å². The van der Waals surface area contributed by atoms with E-state index in [2.05, 4.69) is 35.8 Å². The van der Waals surface area contributed by atoms with E-state index in [0.29, 0.717) is 12.4 Å². The summed E-state index contributed by atoms with van der Waals surface area (Å²) in [5.41, 5.74) is 2.30. The molecule has 0 aliphatic heterocycles. The highest BCUT2D eigenvalue weighted by Gasteiger charge is 2.25. The standard InChI is InChI=1S/C12H21N5O2S/c1-4-12(5-2,20-3)8-14-10-6-9(17(18)19)7-11(15-10)16-13/h6-7H,4-5,8,13H2,1-3H3,(H2,14,15,16). The lowest BCUT2D eigenvalue weighted by atomic mass is 10.0. The molecule has 0 aromatic carbocycles. The normalized spacial score (nSPS) is 11.2. The molecule has 112 valence electrons. The van der Waals surface area contributed by atoms with Crippen molar-refractivity contribution in [3.63, 3.8) is 0 Å². The second-order valence-electron chi connectivity index (χ2n) is 4.45. The monoisotopic (exact) mass is 299 g/mol. The number of nitrogens with zero attached hydrogens (tertiary/aromatic N) is 2. The highest BCUT2D eigenvalue weighted by Crippen LogP contribution is 2.31. The first-order valence-electron chi connectivity index (χ1n) is 6.42. The van der Waals surface area contributed by atoms with Crippen LogP contribution in [0, 0.1) is 10.1 Å². The number of anilines is 2. The van der Waals surface area contributed by atoms with Gasteiger partial charge in [0, 0.05) is 11.3 Å². The molecule has 0 amide bonds. The van der Waals surface area contributed by atoms with Crippen molar-refractivity contribution in [2.24, 2.45) is 5.84 Å². The Hall–Kier alpha value is -1.54. The number of hydrogen-bond acceptors (Lipinski definition) is 7. The van der Waals surface area contributed by atoms with Crippen molar-refractivity contribution in [3.05, 3.63) is 22.2 Å². The molecule has 1 heterocycles. The molecule has 1 aromatic heterocycles. The van der Waals surface area contributed by atoms with Crippen LogP contribution in [0.4, 0.5) is 17.3 Å². The lowest BCUT2D eigenvalue weighted by Crippen LogP contribution is -2.32. The molecule has 0 aliphatic carbocycles. The van der Waals surface area contributed by atoms with Crippen molar-refractivity contribution >= 4 is 29.1 Å². The third-order valence-electron chi connectivity index (χ3n) is 3.48. The van der Waals surface area contributed by atoms with Gasteiger partial charge in [0.1, 0.15) is 11.6 Å². The molecular weight excluding hydrogens is 278 g/mol. The smallest absolute Gasteiger partial charge is 0.276 e. The molecule has 0 atom stereocenters. The molecule has 0 unspecified atom stereocenters. The van der Waals surface area contributed by atoms with E-state index in [0.717, 1.165) is 12.8 Å². The molecule has 1 aromatic rings. The van der Waals surface area contributed by atoms with Crippen LogP contribution < -0.4 is 16.6 Å². The SMILES string of the molecule is CCC(CC)(CNc1cc([N+](=O)[O-])cc(NN)n1)SC. The Bertz CT molecular complexity index is 457. The number of nitrogens with two attached hydrogens (primary N) is 1. The highest BCUT2D eigenvalue weighted by atomic mass is 32.2.